The van der Waals surface area contributed by atoms with Crippen molar-refractivity contribution in [3.63, 3.8) is 0 Å². The number of para-hydroxylation sites is 1. The molecule has 2 amide bonds. The molecule has 4 rings (SSSR count). The molecule has 3 atom stereocenters. The van der Waals surface area contributed by atoms with Gasteiger partial charge in [-0.05, 0) is 49.2 Å². The number of nitrogens with zero attached hydrogens (tertiary/aromatic N) is 1. The van der Waals surface area contributed by atoms with Crippen LogP contribution < -0.4 is 9.47 Å². The molecular formula is C23H25NO5. The molecule has 0 aromatic heterocycles. The summed E-state index contributed by atoms with van der Waals surface area (Å²) >= 11 is 0. The number of carbonyl (C=O) groups excluding carboxylic acids is 2. The number of benzene rings is 2. The summed E-state index contributed by atoms with van der Waals surface area (Å²) in [5.41, 5.74) is 0. The van der Waals surface area contributed by atoms with Crippen LogP contribution in [0.5, 0.6) is 17.2 Å². The van der Waals surface area contributed by atoms with E-state index in [1.54, 1.807) is 24.3 Å². The number of imide groups is 1. The summed E-state index contributed by atoms with van der Waals surface area (Å²) in [6.07, 6.45) is 2.60. The minimum absolute atomic E-state index is 0.00524. The molecule has 0 unspecified atom stereocenters. The van der Waals surface area contributed by atoms with Gasteiger partial charge in [0.25, 0.3) is 0 Å². The zero-order valence-corrected chi connectivity index (χ0v) is 16.2. The van der Waals surface area contributed by atoms with Crippen LogP contribution in [-0.2, 0) is 9.59 Å². The maximum atomic E-state index is 12.5. The summed E-state index contributed by atoms with van der Waals surface area (Å²) in [5, 5.41) is 10.3. The summed E-state index contributed by atoms with van der Waals surface area (Å²) in [5.74, 6) is 1.35. The Morgan fingerprint density at radius 3 is 2.03 bits per heavy atom. The number of β-amino-alcohol motifs (C(OH)–C–C–N with tert-alkyl or cyclic N) is 1. The van der Waals surface area contributed by atoms with E-state index in [4.69, 9.17) is 9.47 Å². The highest BCUT2D eigenvalue weighted by molar-refractivity contribution is 6.05. The fourth-order valence-corrected chi connectivity index (χ4v) is 4.10. The van der Waals surface area contributed by atoms with Gasteiger partial charge in [0.05, 0.1) is 18.4 Å². The third-order valence-electron chi connectivity index (χ3n) is 5.57. The summed E-state index contributed by atoms with van der Waals surface area (Å²) in [6, 6.07) is 16.6. The van der Waals surface area contributed by atoms with E-state index >= 15 is 0 Å². The molecule has 29 heavy (non-hydrogen) atoms. The van der Waals surface area contributed by atoms with Crippen molar-refractivity contribution >= 4 is 11.8 Å². The van der Waals surface area contributed by atoms with E-state index < -0.39 is 6.10 Å². The number of likely N-dealkylation sites (tertiary alicyclic amines) is 1. The van der Waals surface area contributed by atoms with E-state index in [0.717, 1.165) is 31.4 Å². The van der Waals surface area contributed by atoms with Crippen molar-refractivity contribution in [2.75, 3.05) is 13.2 Å². The first-order valence-corrected chi connectivity index (χ1v) is 10.1. The molecule has 1 aliphatic heterocycles. The monoisotopic (exact) mass is 395 g/mol. The molecule has 0 radical (unpaired) electrons. The van der Waals surface area contributed by atoms with E-state index in [2.05, 4.69) is 0 Å². The summed E-state index contributed by atoms with van der Waals surface area (Å²) in [7, 11) is 0. The van der Waals surface area contributed by atoms with Crippen LogP contribution in [0, 0.1) is 11.8 Å². The molecule has 1 heterocycles. The fourth-order valence-electron chi connectivity index (χ4n) is 4.10. The standard InChI is InChI=1S/C23H25NO5/c25-16(14-24-22(26)20-8-4-5-9-21(20)23(24)27)15-28-17-10-12-19(13-11-17)29-18-6-2-1-3-7-18/h1-3,6-7,10-13,16,20-21,25H,4-5,8-9,14-15H2/t16-,20-,21-/m1/s1. The lowest BCUT2D eigenvalue weighted by molar-refractivity contribution is -0.141. The maximum Gasteiger partial charge on any atom is 0.233 e. The minimum Gasteiger partial charge on any atom is -0.491 e. The van der Waals surface area contributed by atoms with Gasteiger partial charge >= 0.3 is 0 Å². The number of amides is 2. The lowest BCUT2D eigenvalue weighted by Gasteiger charge is -2.19. The van der Waals surface area contributed by atoms with Crippen molar-refractivity contribution in [2.45, 2.75) is 31.8 Å². The molecule has 0 bridgehead atoms. The van der Waals surface area contributed by atoms with Gasteiger partial charge in [-0.3, -0.25) is 14.5 Å². The molecule has 2 fully saturated rings. The lowest BCUT2D eigenvalue weighted by atomic mass is 9.81. The first-order chi connectivity index (χ1) is 14.1. The second-order valence-electron chi connectivity index (χ2n) is 7.64. The molecule has 152 valence electrons. The minimum atomic E-state index is -0.928. The number of hydrogen-bond donors (Lipinski definition) is 1. The molecular weight excluding hydrogens is 370 g/mol. The first-order valence-electron chi connectivity index (χ1n) is 10.1. The Hall–Kier alpha value is -2.86. The van der Waals surface area contributed by atoms with Crippen LogP contribution in [0.3, 0.4) is 0 Å². The molecule has 6 heteroatoms. The van der Waals surface area contributed by atoms with Gasteiger partial charge in [0, 0.05) is 0 Å². The van der Waals surface area contributed by atoms with Crippen LogP contribution in [0.15, 0.2) is 54.6 Å². The van der Waals surface area contributed by atoms with Gasteiger partial charge in [0.2, 0.25) is 11.8 Å². The first kappa shape index (κ1) is 19.5. The second kappa shape index (κ2) is 8.66. The normalized spacial score (nSPS) is 22.3. The summed E-state index contributed by atoms with van der Waals surface area (Å²) < 4.78 is 11.3. The summed E-state index contributed by atoms with van der Waals surface area (Å²) in [4.78, 5) is 26.2. The van der Waals surface area contributed by atoms with Crippen molar-refractivity contribution in [1.82, 2.24) is 4.90 Å². The Labute approximate surface area is 170 Å². The van der Waals surface area contributed by atoms with E-state index in [-0.39, 0.29) is 36.8 Å². The zero-order chi connectivity index (χ0) is 20.2. The molecule has 2 aliphatic rings. The molecule has 1 aliphatic carbocycles. The molecule has 1 saturated heterocycles. The van der Waals surface area contributed by atoms with Crippen molar-refractivity contribution in [3.05, 3.63) is 54.6 Å². The number of aliphatic hydroxyl groups excluding tert-OH is 1. The quantitative estimate of drug-likeness (QED) is 0.728. The van der Waals surface area contributed by atoms with Gasteiger partial charge < -0.3 is 14.6 Å². The molecule has 0 spiro atoms. The van der Waals surface area contributed by atoms with Crippen molar-refractivity contribution in [3.8, 4) is 17.2 Å². The molecule has 2 aromatic rings. The van der Waals surface area contributed by atoms with Crippen molar-refractivity contribution in [2.24, 2.45) is 11.8 Å². The van der Waals surface area contributed by atoms with Crippen LogP contribution in [-0.4, -0.2) is 41.1 Å². The van der Waals surface area contributed by atoms with Crippen molar-refractivity contribution < 1.29 is 24.2 Å². The Bertz CT molecular complexity index is 827. The van der Waals surface area contributed by atoms with Crippen LogP contribution in [0.2, 0.25) is 0 Å². The molecule has 2 aromatic carbocycles. The molecule has 1 saturated carbocycles. The largest absolute Gasteiger partial charge is 0.491 e. The second-order valence-corrected chi connectivity index (χ2v) is 7.64. The third-order valence-corrected chi connectivity index (χ3v) is 5.57. The van der Waals surface area contributed by atoms with Gasteiger partial charge in [-0.15, -0.1) is 0 Å². The molecule has 1 N–H and O–H groups in total. The number of rotatable bonds is 7. The highest BCUT2D eigenvalue weighted by Crippen LogP contribution is 2.38. The summed E-state index contributed by atoms with van der Waals surface area (Å²) in [6.45, 7) is -0.00878. The third kappa shape index (κ3) is 4.43. The van der Waals surface area contributed by atoms with Gasteiger partial charge in [-0.1, -0.05) is 31.0 Å². The highest BCUT2D eigenvalue weighted by atomic mass is 16.5. The van der Waals surface area contributed by atoms with Crippen LogP contribution in [0.25, 0.3) is 0 Å². The Kier molecular flexibility index (Phi) is 5.81. The average Bonchev–Trinajstić information content (AvgIpc) is 2.99. The van der Waals surface area contributed by atoms with Gasteiger partial charge in [-0.25, -0.2) is 0 Å². The number of fused-ring (bicyclic) bond motifs is 1. The number of ether oxygens (including phenoxy) is 2. The highest BCUT2D eigenvalue weighted by Gasteiger charge is 2.48. The van der Waals surface area contributed by atoms with E-state index in [9.17, 15) is 14.7 Å². The SMILES string of the molecule is O=C1[C@@H]2CCCC[C@H]2C(=O)N1C[C@@H](O)COc1ccc(Oc2ccccc2)cc1. The predicted molar refractivity (Wildman–Crippen MR) is 107 cm³/mol. The Morgan fingerprint density at radius 2 is 1.41 bits per heavy atom. The fraction of sp³-hybridized carbons (Fsp3) is 0.391. The van der Waals surface area contributed by atoms with Gasteiger partial charge in [0.15, 0.2) is 0 Å². The Morgan fingerprint density at radius 1 is 0.862 bits per heavy atom. The topological polar surface area (TPSA) is 76.1 Å². The number of carbonyl (C=O) groups is 2. The lowest BCUT2D eigenvalue weighted by Crippen LogP contribution is -2.40. The Balaban J connectivity index is 1.28. The van der Waals surface area contributed by atoms with Crippen LogP contribution in [0.4, 0.5) is 0 Å². The van der Waals surface area contributed by atoms with Crippen LogP contribution >= 0.6 is 0 Å². The zero-order valence-electron chi connectivity index (χ0n) is 16.2. The number of aliphatic hydroxyl groups is 1. The van der Waals surface area contributed by atoms with E-state index in [1.807, 2.05) is 30.3 Å². The van der Waals surface area contributed by atoms with Crippen molar-refractivity contribution in [1.29, 1.82) is 0 Å². The van der Waals surface area contributed by atoms with E-state index in [1.165, 1.54) is 4.90 Å². The van der Waals surface area contributed by atoms with Gasteiger partial charge in [0.1, 0.15) is 30.0 Å². The molecule has 6 nitrogen and oxygen atoms in total. The maximum absolute atomic E-state index is 12.5. The smallest absolute Gasteiger partial charge is 0.233 e. The van der Waals surface area contributed by atoms with Gasteiger partial charge in [-0.2, -0.15) is 0 Å². The van der Waals surface area contributed by atoms with E-state index in [0.29, 0.717) is 11.5 Å². The van der Waals surface area contributed by atoms with Crippen LogP contribution in [0.1, 0.15) is 25.7 Å². The predicted octanol–water partition coefficient (Wildman–Crippen LogP) is 3.39. The average molecular weight is 395 g/mol. The number of hydrogen-bond acceptors (Lipinski definition) is 5.